The predicted octanol–water partition coefficient (Wildman–Crippen LogP) is 3.26. The van der Waals surface area contributed by atoms with Gasteiger partial charge in [0.1, 0.15) is 11.6 Å². The zero-order valence-corrected chi connectivity index (χ0v) is 16.9. The lowest BCUT2D eigenvalue weighted by Crippen LogP contribution is -2.38. The number of aryl methyl sites for hydroxylation is 2. The fraction of sp³-hybridized carbons (Fsp3) is 0.333. The van der Waals surface area contributed by atoms with E-state index in [0.29, 0.717) is 12.2 Å². The first kappa shape index (κ1) is 19.7. The van der Waals surface area contributed by atoms with E-state index in [1.54, 1.807) is 29.1 Å². The molecule has 0 aliphatic heterocycles. The zero-order chi connectivity index (χ0) is 20.1. The van der Waals surface area contributed by atoms with Crippen LogP contribution in [0, 0.1) is 12.7 Å². The molecule has 0 radical (unpaired) electrons. The Balaban J connectivity index is 1.74. The smallest absolute Gasteiger partial charge is 0.194 e. The van der Waals surface area contributed by atoms with Crippen molar-refractivity contribution in [2.45, 2.75) is 26.9 Å². The minimum absolute atomic E-state index is 0.282. The third kappa shape index (κ3) is 4.42. The molecule has 0 amide bonds. The van der Waals surface area contributed by atoms with E-state index in [0.717, 1.165) is 30.4 Å². The number of imidazole rings is 1. The molecule has 0 bridgehead atoms. The monoisotopic (exact) mass is 382 g/mol. The Hall–Kier alpha value is -3.09. The third-order valence-corrected chi connectivity index (χ3v) is 4.66. The molecule has 0 fully saturated rings. The highest BCUT2D eigenvalue weighted by Crippen LogP contribution is 2.17. The van der Waals surface area contributed by atoms with Crippen molar-refractivity contribution in [3.8, 4) is 5.69 Å². The van der Waals surface area contributed by atoms with Crippen molar-refractivity contribution in [2.24, 2.45) is 12.0 Å². The minimum atomic E-state index is -0.282. The van der Waals surface area contributed by atoms with Crippen molar-refractivity contribution < 1.29 is 4.39 Å². The molecule has 1 aromatic carbocycles. The molecule has 1 N–H and O–H groups in total. The van der Waals surface area contributed by atoms with Crippen LogP contribution in [0.15, 0.2) is 53.9 Å². The summed E-state index contributed by atoms with van der Waals surface area (Å²) in [5.41, 5.74) is 2.51. The Kier molecular flexibility index (Phi) is 6.13. The molecule has 148 valence electrons. The van der Waals surface area contributed by atoms with Gasteiger partial charge in [-0.3, -0.25) is 0 Å². The Bertz CT molecular complexity index is 955. The van der Waals surface area contributed by atoms with Gasteiger partial charge in [-0.1, -0.05) is 6.07 Å². The standard InChI is InChI=1S/C21H27FN6/c1-5-23-21(27(4)15-18-7-6-11-26(18)3)25-14-17-8-9-20(19(22)13-17)28-12-10-24-16(28)2/h6-13H,5,14-15H2,1-4H3,(H,23,25). The van der Waals surface area contributed by atoms with E-state index >= 15 is 0 Å². The van der Waals surface area contributed by atoms with Crippen LogP contribution >= 0.6 is 0 Å². The van der Waals surface area contributed by atoms with Crippen LogP contribution in [-0.4, -0.2) is 38.6 Å². The van der Waals surface area contributed by atoms with E-state index in [1.165, 1.54) is 5.69 Å². The largest absolute Gasteiger partial charge is 0.357 e. The van der Waals surface area contributed by atoms with Gasteiger partial charge in [0.2, 0.25) is 0 Å². The number of aromatic nitrogens is 3. The molecule has 0 aliphatic rings. The van der Waals surface area contributed by atoms with E-state index in [9.17, 15) is 4.39 Å². The molecule has 0 unspecified atom stereocenters. The molecule has 2 aromatic heterocycles. The highest BCUT2D eigenvalue weighted by atomic mass is 19.1. The number of nitrogens with zero attached hydrogens (tertiary/aromatic N) is 5. The summed E-state index contributed by atoms with van der Waals surface area (Å²) in [6.07, 6.45) is 5.45. The second kappa shape index (κ2) is 8.73. The topological polar surface area (TPSA) is 50.4 Å². The van der Waals surface area contributed by atoms with Gasteiger partial charge in [0.25, 0.3) is 0 Å². The van der Waals surface area contributed by atoms with Gasteiger partial charge in [0.05, 0.1) is 18.8 Å². The quantitative estimate of drug-likeness (QED) is 0.526. The Morgan fingerprint density at radius 1 is 1.29 bits per heavy atom. The van der Waals surface area contributed by atoms with E-state index < -0.39 is 0 Å². The number of hydrogen-bond acceptors (Lipinski definition) is 2. The lowest BCUT2D eigenvalue weighted by atomic mass is 10.2. The molecule has 0 saturated heterocycles. The fourth-order valence-corrected chi connectivity index (χ4v) is 3.09. The summed E-state index contributed by atoms with van der Waals surface area (Å²) in [5, 5.41) is 3.30. The summed E-state index contributed by atoms with van der Waals surface area (Å²) >= 11 is 0. The van der Waals surface area contributed by atoms with E-state index in [2.05, 4.69) is 30.8 Å². The molecular formula is C21H27FN6. The average molecular weight is 382 g/mol. The maximum atomic E-state index is 14.6. The molecule has 2 heterocycles. The number of benzene rings is 1. The van der Waals surface area contributed by atoms with Gasteiger partial charge in [0, 0.05) is 44.9 Å². The number of hydrogen-bond donors (Lipinski definition) is 1. The number of nitrogens with one attached hydrogen (secondary N) is 1. The molecule has 6 nitrogen and oxygen atoms in total. The van der Waals surface area contributed by atoms with Crippen LogP contribution in [-0.2, 0) is 20.1 Å². The Morgan fingerprint density at radius 2 is 2.11 bits per heavy atom. The molecule has 0 aliphatic carbocycles. The summed E-state index contributed by atoms with van der Waals surface area (Å²) in [4.78, 5) is 10.9. The van der Waals surface area contributed by atoms with E-state index in [4.69, 9.17) is 0 Å². The molecule has 0 atom stereocenters. The van der Waals surface area contributed by atoms with Crippen molar-refractivity contribution in [3.63, 3.8) is 0 Å². The lowest BCUT2D eigenvalue weighted by Gasteiger charge is -2.22. The summed E-state index contributed by atoms with van der Waals surface area (Å²) in [6, 6.07) is 9.34. The second-order valence-corrected chi connectivity index (χ2v) is 6.77. The molecule has 3 aromatic rings. The van der Waals surface area contributed by atoms with Crippen LogP contribution in [0.1, 0.15) is 24.0 Å². The van der Waals surface area contributed by atoms with Crippen LogP contribution in [0.25, 0.3) is 5.69 Å². The lowest BCUT2D eigenvalue weighted by molar-refractivity contribution is 0.462. The first-order valence-electron chi connectivity index (χ1n) is 9.38. The van der Waals surface area contributed by atoms with E-state index in [1.807, 2.05) is 46.3 Å². The minimum Gasteiger partial charge on any atom is -0.357 e. The Labute approximate surface area is 165 Å². The van der Waals surface area contributed by atoms with Gasteiger partial charge in [-0.2, -0.15) is 0 Å². The maximum absolute atomic E-state index is 14.6. The fourth-order valence-electron chi connectivity index (χ4n) is 3.09. The van der Waals surface area contributed by atoms with E-state index in [-0.39, 0.29) is 5.82 Å². The normalized spacial score (nSPS) is 11.7. The maximum Gasteiger partial charge on any atom is 0.194 e. The van der Waals surface area contributed by atoms with Crippen LogP contribution in [0.4, 0.5) is 4.39 Å². The molecule has 0 spiro atoms. The van der Waals surface area contributed by atoms with Crippen molar-refractivity contribution >= 4 is 5.96 Å². The van der Waals surface area contributed by atoms with Gasteiger partial charge in [0.15, 0.2) is 5.96 Å². The summed E-state index contributed by atoms with van der Waals surface area (Å²) < 4.78 is 18.4. The van der Waals surface area contributed by atoms with Crippen molar-refractivity contribution in [3.05, 3.63) is 71.8 Å². The Morgan fingerprint density at radius 3 is 2.71 bits per heavy atom. The molecule has 7 heteroatoms. The summed E-state index contributed by atoms with van der Waals surface area (Å²) in [7, 11) is 4.03. The first-order valence-corrected chi connectivity index (χ1v) is 9.38. The van der Waals surface area contributed by atoms with Crippen molar-refractivity contribution in [2.75, 3.05) is 13.6 Å². The van der Waals surface area contributed by atoms with Gasteiger partial charge in [-0.05, 0) is 43.7 Å². The highest BCUT2D eigenvalue weighted by Gasteiger charge is 2.10. The van der Waals surface area contributed by atoms with Crippen LogP contribution in [0.5, 0.6) is 0 Å². The van der Waals surface area contributed by atoms with Crippen LogP contribution < -0.4 is 5.32 Å². The molecule has 0 saturated carbocycles. The second-order valence-electron chi connectivity index (χ2n) is 6.77. The average Bonchev–Trinajstić information content (AvgIpc) is 3.27. The van der Waals surface area contributed by atoms with Gasteiger partial charge < -0.3 is 19.4 Å². The van der Waals surface area contributed by atoms with Gasteiger partial charge in [-0.25, -0.2) is 14.4 Å². The first-order chi connectivity index (χ1) is 13.5. The summed E-state index contributed by atoms with van der Waals surface area (Å²) in [6.45, 7) is 5.79. The molecule has 3 rings (SSSR count). The predicted molar refractivity (Wildman–Crippen MR) is 110 cm³/mol. The van der Waals surface area contributed by atoms with Gasteiger partial charge >= 0.3 is 0 Å². The van der Waals surface area contributed by atoms with Crippen LogP contribution in [0.3, 0.4) is 0 Å². The number of halogens is 1. The number of guanidine groups is 1. The van der Waals surface area contributed by atoms with Crippen molar-refractivity contribution in [1.82, 2.24) is 24.3 Å². The van der Waals surface area contributed by atoms with Crippen LogP contribution in [0.2, 0.25) is 0 Å². The summed E-state index contributed by atoms with van der Waals surface area (Å²) in [5.74, 6) is 1.26. The SMILES string of the molecule is CCNC(=NCc1ccc(-n2ccnc2C)c(F)c1)N(C)Cc1cccn1C. The molecular weight excluding hydrogens is 355 g/mol. The highest BCUT2D eigenvalue weighted by molar-refractivity contribution is 5.79. The van der Waals surface area contributed by atoms with Crippen molar-refractivity contribution in [1.29, 1.82) is 0 Å². The molecule has 28 heavy (non-hydrogen) atoms. The van der Waals surface area contributed by atoms with Gasteiger partial charge in [-0.15, -0.1) is 0 Å². The number of rotatable bonds is 6. The zero-order valence-electron chi connectivity index (χ0n) is 16.9. The third-order valence-electron chi connectivity index (χ3n) is 4.66. The number of aliphatic imine (C=N–C) groups is 1.